The lowest BCUT2D eigenvalue weighted by atomic mass is 10.1. The normalized spacial score (nSPS) is 12.2. The van der Waals surface area contributed by atoms with Crippen molar-refractivity contribution in [2.24, 2.45) is 0 Å². The fourth-order valence-electron chi connectivity index (χ4n) is 2.78. The molecule has 7 nitrogen and oxygen atoms in total. The fraction of sp³-hybridized carbons (Fsp3) is 0.400. The first-order valence-corrected chi connectivity index (χ1v) is 9.33. The Morgan fingerprint density at radius 3 is 2.46 bits per heavy atom. The highest BCUT2D eigenvalue weighted by molar-refractivity contribution is 6.28. The van der Waals surface area contributed by atoms with Crippen LogP contribution in [0.25, 0.3) is 10.9 Å². The summed E-state index contributed by atoms with van der Waals surface area (Å²) < 4.78 is 7.53. The molecule has 0 saturated heterocycles. The maximum absolute atomic E-state index is 13.0. The lowest BCUT2D eigenvalue weighted by molar-refractivity contribution is 0.0598. The zero-order valence-corrected chi connectivity index (χ0v) is 17.7. The summed E-state index contributed by atoms with van der Waals surface area (Å²) >= 11 is 5.95. The van der Waals surface area contributed by atoms with Crippen LogP contribution in [0.1, 0.15) is 41.5 Å². The molecule has 0 unspecified atom stereocenters. The Morgan fingerprint density at radius 2 is 1.86 bits per heavy atom. The number of amides is 1. The number of carbonyl (C=O) groups excluding carboxylic acids is 1. The van der Waals surface area contributed by atoms with Crippen molar-refractivity contribution in [1.29, 1.82) is 0 Å². The summed E-state index contributed by atoms with van der Waals surface area (Å²) in [5.74, 6) is 0.330. The van der Waals surface area contributed by atoms with Crippen LogP contribution in [0.4, 0.5) is 16.3 Å². The van der Waals surface area contributed by atoms with Crippen LogP contribution in [-0.4, -0.2) is 31.4 Å². The van der Waals surface area contributed by atoms with Crippen molar-refractivity contribution >= 4 is 40.1 Å². The van der Waals surface area contributed by atoms with E-state index in [1.54, 1.807) is 12.3 Å². The average Bonchev–Trinajstić information content (AvgIpc) is 2.97. The Labute approximate surface area is 169 Å². The second kappa shape index (κ2) is 7.05. The standard InChI is InChI=1S/C20H24ClN5O2/c1-19(2,3)26-15-8-7-14(11-13(15)12-23-26)25(18(27)28-20(4,5)6)16-9-10-22-17(21)24-16/h7-12H,1-6H3. The van der Waals surface area contributed by atoms with Crippen molar-refractivity contribution in [3.8, 4) is 0 Å². The summed E-state index contributed by atoms with van der Waals surface area (Å²) in [6.45, 7) is 11.7. The summed E-state index contributed by atoms with van der Waals surface area (Å²) in [5.41, 5.74) is 0.757. The summed E-state index contributed by atoms with van der Waals surface area (Å²) in [6, 6.07) is 7.26. The molecule has 8 heteroatoms. The summed E-state index contributed by atoms with van der Waals surface area (Å²) in [5, 5.41) is 5.45. The number of anilines is 2. The van der Waals surface area contributed by atoms with Crippen molar-refractivity contribution in [3.05, 3.63) is 41.9 Å². The first-order valence-electron chi connectivity index (χ1n) is 8.96. The quantitative estimate of drug-likeness (QED) is 0.544. The SMILES string of the molecule is CC(C)(C)OC(=O)N(c1ccc2c(cnn2C(C)(C)C)c1)c1ccnc(Cl)n1. The number of benzene rings is 1. The molecule has 0 aliphatic heterocycles. The Hall–Kier alpha value is -2.67. The van der Waals surface area contributed by atoms with Gasteiger partial charge in [0.1, 0.15) is 11.4 Å². The van der Waals surface area contributed by atoms with Gasteiger partial charge in [0.25, 0.3) is 0 Å². The van der Waals surface area contributed by atoms with Crippen LogP contribution in [-0.2, 0) is 10.3 Å². The molecule has 2 aromatic heterocycles. The van der Waals surface area contributed by atoms with Gasteiger partial charge in [0.15, 0.2) is 0 Å². The second-order valence-corrected chi connectivity index (χ2v) is 8.81. The second-order valence-electron chi connectivity index (χ2n) is 8.47. The van der Waals surface area contributed by atoms with Crippen molar-refractivity contribution in [2.75, 3.05) is 4.90 Å². The zero-order valence-electron chi connectivity index (χ0n) is 16.9. The van der Waals surface area contributed by atoms with Crippen LogP contribution in [0.15, 0.2) is 36.7 Å². The van der Waals surface area contributed by atoms with Crippen molar-refractivity contribution in [2.45, 2.75) is 52.7 Å². The number of carbonyl (C=O) groups is 1. The Kier molecular flexibility index (Phi) is 5.06. The number of nitrogens with zero attached hydrogens (tertiary/aromatic N) is 5. The number of aromatic nitrogens is 4. The molecule has 0 fully saturated rings. The molecule has 0 aliphatic rings. The topological polar surface area (TPSA) is 73.1 Å². The van der Waals surface area contributed by atoms with E-state index in [0.717, 1.165) is 10.9 Å². The third kappa shape index (κ3) is 4.25. The van der Waals surface area contributed by atoms with Gasteiger partial charge in [0.2, 0.25) is 5.28 Å². The van der Waals surface area contributed by atoms with E-state index >= 15 is 0 Å². The van der Waals surface area contributed by atoms with Gasteiger partial charge in [0, 0.05) is 17.6 Å². The minimum absolute atomic E-state index is 0.0488. The van der Waals surface area contributed by atoms with E-state index in [9.17, 15) is 4.79 Å². The smallest absolute Gasteiger partial charge is 0.420 e. The van der Waals surface area contributed by atoms with Crippen molar-refractivity contribution < 1.29 is 9.53 Å². The summed E-state index contributed by atoms with van der Waals surface area (Å²) in [6.07, 6.45) is 2.73. The maximum atomic E-state index is 13.0. The van der Waals surface area contributed by atoms with Gasteiger partial charge in [-0.25, -0.2) is 14.7 Å². The fourth-order valence-corrected chi connectivity index (χ4v) is 2.93. The lowest BCUT2D eigenvalue weighted by Crippen LogP contribution is -2.34. The van der Waals surface area contributed by atoms with Crippen LogP contribution in [0.3, 0.4) is 0 Å². The van der Waals surface area contributed by atoms with E-state index in [-0.39, 0.29) is 10.8 Å². The summed E-state index contributed by atoms with van der Waals surface area (Å²) in [4.78, 5) is 22.4. The molecular formula is C20H24ClN5O2. The molecule has 2 heterocycles. The molecule has 1 amide bonds. The first-order chi connectivity index (χ1) is 13.0. The average molecular weight is 402 g/mol. The number of ether oxygens (including phenoxy) is 1. The Balaban J connectivity index is 2.11. The van der Waals surface area contributed by atoms with E-state index in [1.807, 2.05) is 43.7 Å². The molecular weight excluding hydrogens is 378 g/mol. The minimum Gasteiger partial charge on any atom is -0.443 e. The molecule has 0 bridgehead atoms. The number of fused-ring (bicyclic) bond motifs is 1. The number of halogens is 1. The van der Waals surface area contributed by atoms with Crippen LogP contribution in [0, 0.1) is 0 Å². The van der Waals surface area contributed by atoms with Gasteiger partial charge >= 0.3 is 6.09 Å². The molecule has 0 saturated carbocycles. The highest BCUT2D eigenvalue weighted by Crippen LogP contribution is 2.31. The zero-order chi connectivity index (χ0) is 20.7. The third-order valence-corrected chi connectivity index (χ3v) is 4.04. The Morgan fingerprint density at radius 1 is 1.14 bits per heavy atom. The third-order valence-electron chi connectivity index (χ3n) is 3.86. The maximum Gasteiger partial charge on any atom is 0.420 e. The van der Waals surface area contributed by atoms with E-state index in [4.69, 9.17) is 16.3 Å². The molecule has 0 N–H and O–H groups in total. The van der Waals surface area contributed by atoms with Gasteiger partial charge in [-0.05, 0) is 71.3 Å². The molecule has 3 rings (SSSR count). The van der Waals surface area contributed by atoms with Gasteiger partial charge in [-0.15, -0.1) is 0 Å². The van der Waals surface area contributed by atoms with E-state index in [2.05, 4.69) is 35.8 Å². The molecule has 0 aliphatic carbocycles. The molecule has 0 spiro atoms. The molecule has 148 valence electrons. The van der Waals surface area contributed by atoms with Gasteiger partial charge in [0.05, 0.1) is 22.9 Å². The molecule has 0 radical (unpaired) electrons. The van der Waals surface area contributed by atoms with E-state index < -0.39 is 11.7 Å². The van der Waals surface area contributed by atoms with Crippen LogP contribution >= 0.6 is 11.6 Å². The molecule has 0 atom stereocenters. The number of hydrogen-bond donors (Lipinski definition) is 0. The van der Waals surface area contributed by atoms with Gasteiger partial charge in [-0.1, -0.05) is 0 Å². The highest BCUT2D eigenvalue weighted by Gasteiger charge is 2.27. The van der Waals surface area contributed by atoms with Gasteiger partial charge < -0.3 is 4.74 Å². The molecule has 28 heavy (non-hydrogen) atoms. The van der Waals surface area contributed by atoms with E-state index in [0.29, 0.717) is 11.5 Å². The van der Waals surface area contributed by atoms with Crippen molar-refractivity contribution in [1.82, 2.24) is 19.7 Å². The Bertz CT molecular complexity index is 1020. The number of hydrogen-bond acceptors (Lipinski definition) is 5. The van der Waals surface area contributed by atoms with Crippen LogP contribution in [0.2, 0.25) is 5.28 Å². The predicted molar refractivity (Wildman–Crippen MR) is 110 cm³/mol. The van der Waals surface area contributed by atoms with Crippen LogP contribution in [0.5, 0.6) is 0 Å². The first kappa shape index (κ1) is 20.1. The minimum atomic E-state index is -0.659. The van der Waals surface area contributed by atoms with Crippen LogP contribution < -0.4 is 4.90 Å². The summed E-state index contributed by atoms with van der Waals surface area (Å²) in [7, 11) is 0. The predicted octanol–water partition coefficient (Wildman–Crippen LogP) is 5.31. The molecule has 3 aromatic rings. The monoisotopic (exact) mass is 401 g/mol. The van der Waals surface area contributed by atoms with Crippen molar-refractivity contribution in [3.63, 3.8) is 0 Å². The van der Waals surface area contributed by atoms with Gasteiger partial charge in [-0.3, -0.25) is 4.68 Å². The van der Waals surface area contributed by atoms with Gasteiger partial charge in [-0.2, -0.15) is 10.1 Å². The largest absolute Gasteiger partial charge is 0.443 e. The molecule has 1 aromatic carbocycles. The van der Waals surface area contributed by atoms with E-state index in [1.165, 1.54) is 11.1 Å². The highest BCUT2D eigenvalue weighted by atomic mass is 35.5. The number of rotatable bonds is 2. The lowest BCUT2D eigenvalue weighted by Gasteiger charge is -2.27.